The Morgan fingerprint density at radius 2 is 1.73 bits per heavy atom. The van der Waals surface area contributed by atoms with Crippen LogP contribution in [0.5, 0.6) is 0 Å². The first-order valence-electron chi connectivity index (χ1n) is 12.1. The lowest BCUT2D eigenvalue weighted by molar-refractivity contribution is -0.150. The molecule has 7 nitrogen and oxygen atoms in total. The van der Waals surface area contributed by atoms with Crippen LogP contribution in [0.2, 0.25) is 0 Å². The van der Waals surface area contributed by atoms with E-state index in [4.69, 9.17) is 0 Å². The van der Waals surface area contributed by atoms with E-state index in [0.717, 1.165) is 24.0 Å². The molecule has 2 fully saturated rings. The molecule has 1 heterocycles. The van der Waals surface area contributed by atoms with E-state index in [2.05, 4.69) is 16.7 Å². The maximum Gasteiger partial charge on any atom is 0.247 e. The SMILES string of the molecule is CC(C)(C)NC(=O)C1c2ccccc2CCN1C(=O)[C@@H]1CCCC[C@H]1C(=O)NC1(C#N)CC1. The molecule has 1 aliphatic heterocycles. The van der Waals surface area contributed by atoms with Crippen LogP contribution in [0.25, 0.3) is 0 Å². The molecule has 3 atom stereocenters. The monoisotopic (exact) mass is 450 g/mol. The van der Waals surface area contributed by atoms with Crippen LogP contribution < -0.4 is 10.6 Å². The average molecular weight is 451 g/mol. The maximum atomic E-state index is 13.9. The second kappa shape index (κ2) is 8.81. The molecule has 0 aromatic heterocycles. The van der Waals surface area contributed by atoms with E-state index in [1.165, 1.54) is 0 Å². The molecule has 3 amide bonds. The van der Waals surface area contributed by atoms with Gasteiger partial charge >= 0.3 is 0 Å². The molecule has 0 radical (unpaired) electrons. The third-order valence-corrected chi connectivity index (χ3v) is 7.06. The van der Waals surface area contributed by atoms with Crippen LogP contribution in [0.15, 0.2) is 24.3 Å². The Morgan fingerprint density at radius 3 is 2.36 bits per heavy atom. The van der Waals surface area contributed by atoms with Crippen molar-refractivity contribution in [2.24, 2.45) is 11.8 Å². The second-order valence-electron chi connectivity index (χ2n) is 10.8. The van der Waals surface area contributed by atoms with E-state index in [-0.39, 0.29) is 17.7 Å². The van der Waals surface area contributed by atoms with Crippen LogP contribution in [0.3, 0.4) is 0 Å². The lowest BCUT2D eigenvalue weighted by atomic mass is 9.77. The summed E-state index contributed by atoms with van der Waals surface area (Å²) in [6.45, 7) is 6.23. The van der Waals surface area contributed by atoms with Gasteiger partial charge in [-0.25, -0.2) is 0 Å². The fraction of sp³-hybridized carbons (Fsp3) is 0.615. The number of carbonyl (C=O) groups excluding carboxylic acids is 3. The predicted octanol–water partition coefficient (Wildman–Crippen LogP) is 3.01. The van der Waals surface area contributed by atoms with Gasteiger partial charge in [-0.3, -0.25) is 14.4 Å². The van der Waals surface area contributed by atoms with Crippen LogP contribution >= 0.6 is 0 Å². The minimum atomic E-state index is -0.749. The summed E-state index contributed by atoms with van der Waals surface area (Å²) in [6.07, 6.45) is 5.04. The van der Waals surface area contributed by atoms with Crippen molar-refractivity contribution in [1.82, 2.24) is 15.5 Å². The van der Waals surface area contributed by atoms with Crippen LogP contribution in [0.4, 0.5) is 0 Å². The lowest BCUT2D eigenvalue weighted by Gasteiger charge is -2.41. The van der Waals surface area contributed by atoms with Gasteiger partial charge < -0.3 is 15.5 Å². The molecule has 2 aliphatic carbocycles. The van der Waals surface area contributed by atoms with Gasteiger partial charge in [-0.15, -0.1) is 0 Å². The summed E-state index contributed by atoms with van der Waals surface area (Å²) in [5, 5.41) is 15.3. The van der Waals surface area contributed by atoms with Crippen molar-refractivity contribution >= 4 is 17.7 Å². The zero-order valence-electron chi connectivity index (χ0n) is 19.8. The molecule has 33 heavy (non-hydrogen) atoms. The standard InChI is InChI=1S/C26H34N4O3/c1-25(2,3)28-23(32)21-18-9-5-4-8-17(18)12-15-30(21)24(33)20-11-7-6-10-19(20)22(31)29-26(16-27)13-14-26/h4-5,8-9,19-21H,6-7,10-15H2,1-3H3,(H,28,32)(H,29,31)/t19-,20-,21?/m1/s1. The molecular weight excluding hydrogens is 416 g/mol. The normalized spacial score (nSPS) is 25.9. The van der Waals surface area contributed by atoms with Crippen LogP contribution in [-0.4, -0.2) is 40.2 Å². The molecule has 0 spiro atoms. The highest BCUT2D eigenvalue weighted by Gasteiger charge is 2.48. The molecule has 1 unspecified atom stereocenters. The molecule has 0 saturated heterocycles. The quantitative estimate of drug-likeness (QED) is 0.736. The van der Waals surface area contributed by atoms with Gasteiger partial charge in [0.25, 0.3) is 0 Å². The van der Waals surface area contributed by atoms with Crippen molar-refractivity contribution in [2.45, 2.75) is 82.8 Å². The summed E-state index contributed by atoms with van der Waals surface area (Å²) >= 11 is 0. The molecule has 7 heteroatoms. The Balaban J connectivity index is 1.61. The number of hydrogen-bond acceptors (Lipinski definition) is 4. The molecule has 2 N–H and O–H groups in total. The van der Waals surface area contributed by atoms with Crippen LogP contribution in [-0.2, 0) is 20.8 Å². The molecular formula is C26H34N4O3. The maximum absolute atomic E-state index is 13.9. The number of amides is 3. The summed E-state index contributed by atoms with van der Waals surface area (Å²) in [6, 6.07) is 9.30. The Kier molecular flexibility index (Phi) is 6.22. The highest BCUT2D eigenvalue weighted by molar-refractivity contribution is 5.93. The summed E-state index contributed by atoms with van der Waals surface area (Å²) < 4.78 is 0. The van der Waals surface area contributed by atoms with Crippen molar-refractivity contribution in [2.75, 3.05) is 6.54 Å². The predicted molar refractivity (Wildman–Crippen MR) is 124 cm³/mol. The van der Waals surface area contributed by atoms with Gasteiger partial charge in [-0.1, -0.05) is 37.1 Å². The van der Waals surface area contributed by atoms with E-state index in [9.17, 15) is 19.6 Å². The van der Waals surface area contributed by atoms with Gasteiger partial charge in [0.05, 0.1) is 6.07 Å². The van der Waals surface area contributed by atoms with E-state index in [1.807, 2.05) is 45.0 Å². The van der Waals surface area contributed by atoms with Crippen molar-refractivity contribution in [3.05, 3.63) is 35.4 Å². The minimum absolute atomic E-state index is 0.125. The molecule has 2 saturated carbocycles. The molecule has 3 aliphatic rings. The Morgan fingerprint density at radius 1 is 1.06 bits per heavy atom. The molecule has 0 bridgehead atoms. The van der Waals surface area contributed by atoms with E-state index >= 15 is 0 Å². The number of nitriles is 1. The molecule has 1 aromatic rings. The fourth-order valence-electron chi connectivity index (χ4n) is 5.20. The first kappa shape index (κ1) is 23.3. The summed E-state index contributed by atoms with van der Waals surface area (Å²) in [5.74, 6) is -1.44. The van der Waals surface area contributed by atoms with E-state index in [0.29, 0.717) is 38.6 Å². The number of nitrogens with zero attached hydrogens (tertiary/aromatic N) is 2. The summed E-state index contributed by atoms with van der Waals surface area (Å²) in [5.41, 5.74) is 0.762. The number of rotatable bonds is 4. The van der Waals surface area contributed by atoms with E-state index < -0.39 is 29.0 Å². The highest BCUT2D eigenvalue weighted by Crippen LogP contribution is 2.39. The fourth-order valence-corrected chi connectivity index (χ4v) is 5.20. The van der Waals surface area contributed by atoms with Gasteiger partial charge in [0.2, 0.25) is 17.7 Å². The van der Waals surface area contributed by atoms with Crippen molar-refractivity contribution < 1.29 is 14.4 Å². The topological polar surface area (TPSA) is 102 Å². The van der Waals surface area contributed by atoms with E-state index in [1.54, 1.807) is 4.90 Å². The number of carbonyl (C=O) groups is 3. The van der Waals surface area contributed by atoms with Gasteiger partial charge in [-0.2, -0.15) is 5.26 Å². The number of fused-ring (bicyclic) bond motifs is 1. The third kappa shape index (κ3) is 4.90. The van der Waals surface area contributed by atoms with Crippen molar-refractivity contribution in [3.63, 3.8) is 0 Å². The van der Waals surface area contributed by atoms with Gasteiger partial charge in [0.1, 0.15) is 11.6 Å². The number of benzene rings is 1. The zero-order valence-corrected chi connectivity index (χ0v) is 19.8. The molecule has 176 valence electrons. The van der Waals surface area contributed by atoms with Crippen molar-refractivity contribution in [1.29, 1.82) is 5.26 Å². The van der Waals surface area contributed by atoms with Gasteiger partial charge in [-0.05, 0) is 64.0 Å². The third-order valence-electron chi connectivity index (χ3n) is 7.06. The van der Waals surface area contributed by atoms with Gasteiger partial charge in [0, 0.05) is 23.9 Å². The molecule has 1 aromatic carbocycles. The average Bonchev–Trinajstić information content (AvgIpc) is 3.56. The number of hydrogen-bond donors (Lipinski definition) is 2. The summed E-state index contributed by atoms with van der Waals surface area (Å²) in [7, 11) is 0. The minimum Gasteiger partial charge on any atom is -0.349 e. The summed E-state index contributed by atoms with van der Waals surface area (Å²) in [4.78, 5) is 42.1. The van der Waals surface area contributed by atoms with Crippen LogP contribution in [0, 0.1) is 23.2 Å². The van der Waals surface area contributed by atoms with Crippen LogP contribution in [0.1, 0.15) is 76.5 Å². The number of nitrogens with one attached hydrogen (secondary N) is 2. The smallest absolute Gasteiger partial charge is 0.247 e. The van der Waals surface area contributed by atoms with Crippen molar-refractivity contribution in [3.8, 4) is 6.07 Å². The van der Waals surface area contributed by atoms with Gasteiger partial charge in [0.15, 0.2) is 0 Å². The zero-order chi connectivity index (χ0) is 23.8. The highest BCUT2D eigenvalue weighted by atomic mass is 16.2. The lowest BCUT2D eigenvalue weighted by Crippen LogP contribution is -2.54. The first-order chi connectivity index (χ1) is 15.6. The Bertz CT molecular complexity index is 986. The second-order valence-corrected chi connectivity index (χ2v) is 10.8. The Hall–Kier alpha value is -2.88. The first-order valence-corrected chi connectivity index (χ1v) is 12.1. The molecule has 4 rings (SSSR count). The largest absolute Gasteiger partial charge is 0.349 e. The Labute approximate surface area is 195 Å².